The Morgan fingerprint density at radius 3 is 2.45 bits per heavy atom. The van der Waals surface area contributed by atoms with Crippen molar-refractivity contribution in [1.82, 2.24) is 10.3 Å². The highest BCUT2D eigenvalue weighted by Crippen LogP contribution is 2.17. The Kier molecular flexibility index (Phi) is 7.00. The minimum Gasteiger partial charge on any atom is -0.359 e. The third-order valence-corrected chi connectivity index (χ3v) is 3.67. The molecule has 1 heterocycles. The van der Waals surface area contributed by atoms with Gasteiger partial charge in [-0.25, -0.2) is 4.98 Å². The fourth-order valence-electron chi connectivity index (χ4n) is 2.12. The lowest BCUT2D eigenvalue weighted by Gasteiger charge is -2.23. The predicted octanol–water partition coefficient (Wildman–Crippen LogP) is 3.62. The fourth-order valence-corrected chi connectivity index (χ4v) is 2.12. The smallest absolute Gasteiger partial charge is 0.128 e. The molecule has 0 aliphatic rings. The van der Waals surface area contributed by atoms with Gasteiger partial charge in [0, 0.05) is 31.9 Å². The summed E-state index contributed by atoms with van der Waals surface area (Å²) in [6, 6.07) is 4.95. The van der Waals surface area contributed by atoms with Gasteiger partial charge in [-0.05, 0) is 30.0 Å². The SMILES string of the molecule is CCc1cc(CNC(C)C)cc(N(C)CC(C)CC)n1. The Morgan fingerprint density at radius 2 is 1.90 bits per heavy atom. The van der Waals surface area contributed by atoms with Gasteiger partial charge >= 0.3 is 0 Å². The number of hydrogen-bond acceptors (Lipinski definition) is 3. The molecule has 0 amide bonds. The van der Waals surface area contributed by atoms with Gasteiger partial charge in [-0.1, -0.05) is 41.0 Å². The molecule has 114 valence electrons. The van der Waals surface area contributed by atoms with E-state index in [-0.39, 0.29) is 0 Å². The molecule has 1 atom stereocenters. The molecule has 3 heteroatoms. The zero-order valence-electron chi connectivity index (χ0n) is 14.0. The molecule has 0 saturated carbocycles. The second kappa shape index (κ2) is 8.25. The molecule has 3 nitrogen and oxygen atoms in total. The summed E-state index contributed by atoms with van der Waals surface area (Å²) < 4.78 is 0. The number of hydrogen-bond donors (Lipinski definition) is 1. The molecule has 0 aromatic carbocycles. The van der Waals surface area contributed by atoms with Crippen LogP contribution in [-0.4, -0.2) is 24.6 Å². The van der Waals surface area contributed by atoms with Crippen LogP contribution in [0.15, 0.2) is 12.1 Å². The first-order valence-electron chi connectivity index (χ1n) is 7.90. The first-order chi connectivity index (χ1) is 9.46. The van der Waals surface area contributed by atoms with Crippen LogP contribution in [0.5, 0.6) is 0 Å². The lowest BCUT2D eigenvalue weighted by molar-refractivity contribution is 0.556. The summed E-state index contributed by atoms with van der Waals surface area (Å²) in [5.41, 5.74) is 2.51. The summed E-state index contributed by atoms with van der Waals surface area (Å²) >= 11 is 0. The third kappa shape index (κ3) is 5.49. The van der Waals surface area contributed by atoms with Crippen molar-refractivity contribution in [3.05, 3.63) is 23.4 Å². The Labute approximate surface area is 124 Å². The number of nitrogens with one attached hydrogen (secondary N) is 1. The van der Waals surface area contributed by atoms with Crippen LogP contribution in [0.1, 0.15) is 52.3 Å². The summed E-state index contributed by atoms with van der Waals surface area (Å²) in [4.78, 5) is 7.05. The summed E-state index contributed by atoms with van der Waals surface area (Å²) in [5.74, 6) is 1.80. The van der Waals surface area contributed by atoms with Gasteiger partial charge in [0.2, 0.25) is 0 Å². The zero-order chi connectivity index (χ0) is 15.1. The molecule has 0 radical (unpaired) electrons. The van der Waals surface area contributed by atoms with Crippen molar-refractivity contribution >= 4 is 5.82 Å². The highest BCUT2D eigenvalue weighted by Gasteiger charge is 2.09. The van der Waals surface area contributed by atoms with Gasteiger partial charge in [0.15, 0.2) is 0 Å². The lowest BCUT2D eigenvalue weighted by Crippen LogP contribution is -2.26. The maximum Gasteiger partial charge on any atom is 0.128 e. The molecule has 1 N–H and O–H groups in total. The van der Waals surface area contributed by atoms with Gasteiger partial charge < -0.3 is 10.2 Å². The van der Waals surface area contributed by atoms with Gasteiger partial charge in [-0.15, -0.1) is 0 Å². The van der Waals surface area contributed by atoms with Crippen molar-refractivity contribution in [2.24, 2.45) is 5.92 Å². The van der Waals surface area contributed by atoms with Crippen LogP contribution in [0, 0.1) is 5.92 Å². The van der Waals surface area contributed by atoms with Crippen LogP contribution in [0.25, 0.3) is 0 Å². The second-order valence-corrected chi connectivity index (χ2v) is 6.11. The Bertz CT molecular complexity index is 401. The minimum absolute atomic E-state index is 0.509. The van der Waals surface area contributed by atoms with E-state index in [1.807, 2.05) is 0 Å². The van der Waals surface area contributed by atoms with Gasteiger partial charge in [0.25, 0.3) is 0 Å². The zero-order valence-corrected chi connectivity index (χ0v) is 14.0. The van der Waals surface area contributed by atoms with Crippen LogP contribution in [0.3, 0.4) is 0 Å². The molecule has 0 saturated heterocycles. The normalized spacial score (nSPS) is 12.8. The van der Waals surface area contributed by atoms with Crippen LogP contribution in [-0.2, 0) is 13.0 Å². The van der Waals surface area contributed by atoms with Crippen molar-refractivity contribution < 1.29 is 0 Å². The molecule has 1 aromatic rings. The van der Waals surface area contributed by atoms with E-state index < -0.39 is 0 Å². The molecule has 1 aromatic heterocycles. The van der Waals surface area contributed by atoms with E-state index in [4.69, 9.17) is 4.98 Å². The molecule has 0 bridgehead atoms. The number of nitrogens with zero attached hydrogens (tertiary/aromatic N) is 2. The first-order valence-corrected chi connectivity index (χ1v) is 7.90. The maximum absolute atomic E-state index is 4.76. The maximum atomic E-state index is 4.76. The Hall–Kier alpha value is -1.09. The van der Waals surface area contributed by atoms with Crippen LogP contribution in [0.4, 0.5) is 5.82 Å². The van der Waals surface area contributed by atoms with Crippen molar-refractivity contribution in [2.45, 2.75) is 60.0 Å². The van der Waals surface area contributed by atoms with E-state index in [9.17, 15) is 0 Å². The molecular formula is C17H31N3. The lowest BCUT2D eigenvalue weighted by atomic mass is 10.1. The monoisotopic (exact) mass is 277 g/mol. The molecule has 0 aliphatic heterocycles. The van der Waals surface area contributed by atoms with E-state index in [0.717, 1.165) is 25.3 Å². The number of rotatable bonds is 8. The van der Waals surface area contributed by atoms with Crippen LogP contribution in [0.2, 0.25) is 0 Å². The van der Waals surface area contributed by atoms with E-state index in [1.165, 1.54) is 17.7 Å². The number of pyridine rings is 1. The molecular weight excluding hydrogens is 246 g/mol. The number of anilines is 1. The van der Waals surface area contributed by atoms with E-state index in [0.29, 0.717) is 12.0 Å². The van der Waals surface area contributed by atoms with Crippen LogP contribution < -0.4 is 10.2 Å². The minimum atomic E-state index is 0.509. The molecule has 0 aliphatic carbocycles. The van der Waals surface area contributed by atoms with E-state index in [2.05, 4.69) is 64.0 Å². The summed E-state index contributed by atoms with van der Waals surface area (Å²) in [5, 5.41) is 3.48. The first kappa shape index (κ1) is 17.0. The average Bonchev–Trinajstić information content (AvgIpc) is 2.44. The van der Waals surface area contributed by atoms with E-state index >= 15 is 0 Å². The topological polar surface area (TPSA) is 28.2 Å². The molecule has 1 rings (SSSR count). The largest absolute Gasteiger partial charge is 0.359 e. The predicted molar refractivity (Wildman–Crippen MR) is 88.3 cm³/mol. The quantitative estimate of drug-likeness (QED) is 0.786. The Balaban J connectivity index is 2.86. The highest BCUT2D eigenvalue weighted by molar-refractivity contribution is 5.42. The van der Waals surface area contributed by atoms with Crippen molar-refractivity contribution in [3.8, 4) is 0 Å². The van der Waals surface area contributed by atoms with Gasteiger partial charge in [0.1, 0.15) is 5.82 Å². The summed E-state index contributed by atoms with van der Waals surface area (Å²) in [7, 11) is 2.15. The molecule has 20 heavy (non-hydrogen) atoms. The molecule has 0 fully saturated rings. The summed E-state index contributed by atoms with van der Waals surface area (Å²) in [6.07, 6.45) is 2.19. The average molecular weight is 277 g/mol. The van der Waals surface area contributed by atoms with Gasteiger partial charge in [0.05, 0.1) is 0 Å². The van der Waals surface area contributed by atoms with Crippen molar-refractivity contribution in [2.75, 3.05) is 18.5 Å². The molecule has 0 spiro atoms. The van der Waals surface area contributed by atoms with Crippen molar-refractivity contribution in [1.29, 1.82) is 0 Å². The van der Waals surface area contributed by atoms with Gasteiger partial charge in [-0.3, -0.25) is 0 Å². The highest BCUT2D eigenvalue weighted by atomic mass is 15.2. The van der Waals surface area contributed by atoms with E-state index in [1.54, 1.807) is 0 Å². The van der Waals surface area contributed by atoms with Gasteiger partial charge in [-0.2, -0.15) is 0 Å². The summed E-state index contributed by atoms with van der Waals surface area (Å²) in [6.45, 7) is 13.0. The number of aromatic nitrogens is 1. The van der Waals surface area contributed by atoms with Crippen LogP contribution >= 0.6 is 0 Å². The number of aryl methyl sites for hydroxylation is 1. The standard InChI is InChI=1S/C17H31N3/c1-7-14(5)12-20(6)17-10-15(11-18-13(3)4)9-16(8-2)19-17/h9-10,13-14,18H,7-8,11-12H2,1-6H3. The third-order valence-electron chi connectivity index (χ3n) is 3.67. The fraction of sp³-hybridized carbons (Fsp3) is 0.706. The van der Waals surface area contributed by atoms with Crippen molar-refractivity contribution in [3.63, 3.8) is 0 Å². The second-order valence-electron chi connectivity index (χ2n) is 6.11. The Morgan fingerprint density at radius 1 is 1.20 bits per heavy atom. The molecule has 1 unspecified atom stereocenters.